The van der Waals surface area contributed by atoms with Crippen LogP contribution in [0.3, 0.4) is 0 Å². The molecule has 4 aromatic rings. The quantitative estimate of drug-likeness (QED) is 0.0199. The van der Waals surface area contributed by atoms with E-state index in [-0.39, 0.29) is 81.5 Å². The number of carbonyl (C=O) groups is 9. The van der Waals surface area contributed by atoms with Crippen LogP contribution in [0.4, 0.5) is 0 Å². The van der Waals surface area contributed by atoms with Crippen molar-refractivity contribution in [1.82, 2.24) is 57.1 Å². The Morgan fingerprint density at radius 1 is 0.704 bits per heavy atom. The van der Waals surface area contributed by atoms with Gasteiger partial charge < -0.3 is 80.8 Å². The number of primary amides is 1. The zero-order valence-corrected chi connectivity index (χ0v) is 47.2. The van der Waals surface area contributed by atoms with Gasteiger partial charge in [0.05, 0.1) is 6.33 Å². The van der Waals surface area contributed by atoms with Gasteiger partial charge >= 0.3 is 0 Å². The van der Waals surface area contributed by atoms with Crippen LogP contribution in [0.15, 0.2) is 83.3 Å². The molecule has 1 saturated heterocycles. The number of nitrogens with zero attached hydrogens (tertiary/aromatic N) is 4. The van der Waals surface area contributed by atoms with Crippen LogP contribution in [0.1, 0.15) is 63.3 Å². The van der Waals surface area contributed by atoms with Crippen molar-refractivity contribution in [1.29, 1.82) is 0 Å². The van der Waals surface area contributed by atoms with Crippen LogP contribution in [0.2, 0.25) is 0 Å². The molecule has 0 bridgehead atoms. The monoisotopic (exact) mass is 1160 g/mol. The summed E-state index contributed by atoms with van der Waals surface area (Å²) in [4.78, 5) is 143. The fraction of sp³-hybridized carbons (Fsp3) is 0.462. The lowest BCUT2D eigenvalue weighted by Gasteiger charge is -2.29. The fourth-order valence-corrected chi connectivity index (χ4v) is 10.9. The number of para-hydroxylation sites is 1. The Balaban J connectivity index is 1.59. The number of carbonyl (C=O) groups excluding carboxylic acids is 9. The molecule has 5 rings (SSSR count). The molecule has 27 nitrogen and oxygen atoms in total. The van der Waals surface area contributed by atoms with Crippen LogP contribution < -0.4 is 71.2 Å². The van der Waals surface area contributed by atoms with E-state index in [0.29, 0.717) is 16.8 Å². The summed E-state index contributed by atoms with van der Waals surface area (Å²) < 4.78 is 1.64. The molecule has 0 saturated carbocycles. The molecular weight excluding hydrogens is 1080 g/mol. The van der Waals surface area contributed by atoms with Crippen LogP contribution in [-0.2, 0) is 69.5 Å². The fourth-order valence-electron chi connectivity index (χ4n) is 8.60. The first-order valence-corrected chi connectivity index (χ1v) is 28.7. The summed E-state index contributed by atoms with van der Waals surface area (Å²) in [5.74, 6) is -8.50. The van der Waals surface area contributed by atoms with Crippen LogP contribution in [-0.4, -0.2) is 153 Å². The van der Waals surface area contributed by atoms with Crippen LogP contribution >= 0.6 is 21.6 Å². The molecule has 9 amide bonds. The van der Waals surface area contributed by atoms with Crippen LogP contribution in [0.5, 0.6) is 0 Å². The van der Waals surface area contributed by atoms with E-state index in [4.69, 9.17) is 28.7 Å². The number of benzene rings is 2. The number of aromatic amines is 1. The van der Waals surface area contributed by atoms with E-state index in [1.165, 1.54) is 19.4 Å². The van der Waals surface area contributed by atoms with Crippen molar-refractivity contribution >= 4 is 97.6 Å². The van der Waals surface area contributed by atoms with Gasteiger partial charge in [-0.15, -0.1) is 0 Å². The van der Waals surface area contributed by atoms with E-state index in [1.54, 1.807) is 68.1 Å². The smallest absolute Gasteiger partial charge is 0.244 e. The Bertz CT molecular complexity index is 2890. The number of guanidine groups is 2. The molecular formula is C52H74N18O9S2. The van der Waals surface area contributed by atoms with Gasteiger partial charge in [-0.05, 0) is 48.8 Å². The molecule has 438 valence electrons. The summed E-state index contributed by atoms with van der Waals surface area (Å²) in [6.07, 6.45) is 4.76. The number of fused-ring (bicyclic) bond motifs is 1. The molecule has 81 heavy (non-hydrogen) atoms. The van der Waals surface area contributed by atoms with Gasteiger partial charge in [0, 0.05) is 86.8 Å². The molecule has 19 N–H and O–H groups in total. The number of nitrogens with one attached hydrogen (secondary N) is 9. The van der Waals surface area contributed by atoms with Crippen molar-refractivity contribution < 1.29 is 43.2 Å². The van der Waals surface area contributed by atoms with E-state index in [9.17, 15) is 43.2 Å². The van der Waals surface area contributed by atoms with E-state index in [2.05, 4.69) is 62.5 Å². The van der Waals surface area contributed by atoms with E-state index in [0.717, 1.165) is 32.5 Å². The maximum atomic E-state index is 14.8. The number of hydrogen-bond acceptors (Lipinski definition) is 14. The van der Waals surface area contributed by atoms with Crippen molar-refractivity contribution in [3.05, 3.63) is 90.1 Å². The average Bonchev–Trinajstić information content (AvgIpc) is 4.07. The number of rotatable bonds is 19. The topological polar surface area (TPSA) is 438 Å². The summed E-state index contributed by atoms with van der Waals surface area (Å²) in [6.45, 7) is 4.71. The van der Waals surface area contributed by atoms with E-state index >= 15 is 0 Å². The van der Waals surface area contributed by atoms with Gasteiger partial charge in [-0.1, -0.05) is 84.0 Å². The maximum Gasteiger partial charge on any atom is 0.244 e. The third-order valence-electron chi connectivity index (χ3n) is 12.9. The highest BCUT2D eigenvalue weighted by molar-refractivity contribution is 8.76. The molecule has 2 aromatic heterocycles. The van der Waals surface area contributed by atoms with Crippen LogP contribution in [0.25, 0.3) is 10.9 Å². The number of nitrogens with two attached hydrogens (primary N) is 5. The largest absolute Gasteiger partial charge is 0.370 e. The molecule has 0 aliphatic carbocycles. The third kappa shape index (κ3) is 20.4. The summed E-state index contributed by atoms with van der Waals surface area (Å²) in [7, 11) is 3.72. The normalized spacial score (nSPS) is 21.4. The first-order valence-electron chi connectivity index (χ1n) is 26.2. The van der Waals surface area contributed by atoms with Gasteiger partial charge in [0.2, 0.25) is 53.2 Å². The number of aliphatic imine (C=N–C) groups is 2. The Morgan fingerprint density at radius 2 is 1.28 bits per heavy atom. The number of amides is 9. The lowest BCUT2D eigenvalue weighted by Crippen LogP contribution is -2.61. The summed E-state index contributed by atoms with van der Waals surface area (Å²) in [5, 5.41) is 22.6. The first-order chi connectivity index (χ1) is 38.6. The predicted octanol–water partition coefficient (Wildman–Crippen LogP) is -2.53. The van der Waals surface area contributed by atoms with Gasteiger partial charge in [0.1, 0.15) is 48.3 Å². The maximum absolute atomic E-state index is 14.8. The van der Waals surface area contributed by atoms with Crippen molar-refractivity contribution in [3.8, 4) is 0 Å². The van der Waals surface area contributed by atoms with E-state index in [1.807, 2.05) is 18.2 Å². The third-order valence-corrected chi connectivity index (χ3v) is 15.3. The van der Waals surface area contributed by atoms with Crippen molar-refractivity contribution in [2.24, 2.45) is 51.6 Å². The molecule has 1 aliphatic rings. The molecule has 1 aliphatic heterocycles. The first kappa shape index (κ1) is 63.5. The van der Waals surface area contributed by atoms with Gasteiger partial charge in [-0.2, -0.15) is 0 Å². The van der Waals surface area contributed by atoms with E-state index < -0.39 is 107 Å². The molecule has 2 aromatic carbocycles. The minimum atomic E-state index is -1.41. The second-order valence-electron chi connectivity index (χ2n) is 19.7. The Labute approximate surface area is 476 Å². The predicted molar refractivity (Wildman–Crippen MR) is 309 cm³/mol. The summed E-state index contributed by atoms with van der Waals surface area (Å²) in [5.41, 5.74) is 30.5. The lowest BCUT2D eigenvalue weighted by atomic mass is 10.0. The number of aryl methyl sites for hydroxylation is 1. The Hall–Kier alpha value is -8.34. The van der Waals surface area contributed by atoms with Gasteiger partial charge in [-0.25, -0.2) is 4.98 Å². The Morgan fingerprint density at radius 3 is 1.91 bits per heavy atom. The molecule has 8 atom stereocenters. The average molecular weight is 1160 g/mol. The second kappa shape index (κ2) is 31.5. The Kier molecular flexibility index (Phi) is 24.7. The zero-order valence-electron chi connectivity index (χ0n) is 45.6. The summed E-state index contributed by atoms with van der Waals surface area (Å²) in [6, 6.07) is 5.20. The lowest BCUT2D eigenvalue weighted by molar-refractivity contribution is -0.136. The van der Waals surface area contributed by atoms with Gasteiger partial charge in [0.25, 0.3) is 0 Å². The highest BCUT2D eigenvalue weighted by Crippen LogP contribution is 2.24. The number of H-pyrrole nitrogens is 1. The van der Waals surface area contributed by atoms with Gasteiger partial charge in [-0.3, -0.25) is 53.1 Å². The highest BCUT2D eigenvalue weighted by atomic mass is 33.1. The molecule has 1 fully saturated rings. The minimum Gasteiger partial charge on any atom is -0.370 e. The number of hydrogen-bond donors (Lipinski definition) is 14. The summed E-state index contributed by atoms with van der Waals surface area (Å²) >= 11 is 0. The molecule has 0 radical (unpaired) electrons. The minimum absolute atomic E-state index is 0.0567. The highest BCUT2D eigenvalue weighted by Gasteiger charge is 2.36. The standard InChI is InChI=1S/C52H74N18O9S2/c1-28(2)42-50(79)66-39(22-32-24-58-27-70(32)4)48(77)64-37(20-30-12-6-5-7-13-30)46(75)63-36(17-11-19-60-52(56)57)45(74)65-38(21-31-23-61-34-15-9-8-14-33(31)34)47(76)67-40(43(53)72)25-80-81-26-41(49(78)69-42)68-44(73)35(62-29(3)71)16-10-18-59-51(54)55/h5-9,12-15,23-24,27-28,35-42,61H,10-11,16-22,25-26H2,1-4H3,(H2,53,72)(H,62,71)(H,63,75)(H,64,77)(H,65,74)(H,66,79)(H,67,76)(H,68,73)(H,69,78)(H4,54,55,59)(H4,56,57,60)/t35-,36-,37+,38-,39-,40-,41-,42-/m0/s1. The van der Waals surface area contributed by atoms with Gasteiger partial charge in [0.15, 0.2) is 11.9 Å². The molecule has 3 heterocycles. The molecule has 29 heteroatoms. The number of imidazole rings is 1. The number of aromatic nitrogens is 3. The van der Waals surface area contributed by atoms with Crippen molar-refractivity contribution in [2.45, 2.75) is 114 Å². The van der Waals surface area contributed by atoms with Crippen molar-refractivity contribution in [3.63, 3.8) is 0 Å². The zero-order chi connectivity index (χ0) is 59.2. The molecule has 0 unspecified atom stereocenters. The molecule has 0 spiro atoms. The van der Waals surface area contributed by atoms with Crippen LogP contribution in [0, 0.1) is 5.92 Å². The second-order valence-corrected chi connectivity index (χ2v) is 22.2. The van der Waals surface area contributed by atoms with Crippen molar-refractivity contribution in [2.75, 3.05) is 24.6 Å². The SMILES string of the molecule is CC(=O)N[C@@H](CCCN=C(N)N)C(=O)N[C@H]1CSSC[C@@H](C(N)=O)NC(=O)[C@H](Cc2c[nH]c3ccccc23)NC(=O)[C@H](CCCN=C(N)N)NC(=O)[C@@H](Cc2ccccc2)NC(=O)[C@H](Cc2cncn2C)NC(=O)[C@H](C(C)C)NC1=O.